The fourth-order valence-corrected chi connectivity index (χ4v) is 4.69. The Bertz CT molecular complexity index is 1320. The largest absolute Gasteiger partial charge is 0.494 e. The Labute approximate surface area is 224 Å². The lowest BCUT2D eigenvalue weighted by molar-refractivity contribution is -0.110. The van der Waals surface area contributed by atoms with Crippen molar-refractivity contribution in [2.24, 2.45) is 5.16 Å². The van der Waals surface area contributed by atoms with E-state index in [0.717, 1.165) is 54.7 Å². The summed E-state index contributed by atoms with van der Waals surface area (Å²) in [4.78, 5) is 15.8. The van der Waals surface area contributed by atoms with E-state index in [2.05, 4.69) is 42.2 Å². The molecule has 0 aliphatic carbocycles. The summed E-state index contributed by atoms with van der Waals surface area (Å²) < 4.78 is 17.1. The highest BCUT2D eigenvalue weighted by Gasteiger charge is 2.23. The van der Waals surface area contributed by atoms with Gasteiger partial charge in [-0.3, -0.25) is 9.69 Å². The number of rotatable bonds is 8. The van der Waals surface area contributed by atoms with Gasteiger partial charge in [0, 0.05) is 30.6 Å². The first-order valence-corrected chi connectivity index (χ1v) is 12.9. The van der Waals surface area contributed by atoms with Crippen molar-refractivity contribution in [1.29, 1.82) is 0 Å². The number of nitrogens with one attached hydrogen (secondary N) is 1. The molecule has 3 aromatic carbocycles. The second-order valence-electron chi connectivity index (χ2n) is 10.5. The normalized spacial score (nSPS) is 14.9. The molecule has 0 atom stereocenters. The summed E-state index contributed by atoms with van der Waals surface area (Å²) in [5, 5.41) is 17.9. The third-order valence-electron chi connectivity index (χ3n) is 6.82. The fourth-order valence-electron chi connectivity index (χ4n) is 4.69. The number of methoxy groups -OCH3 is 1. The highest BCUT2D eigenvalue weighted by atomic mass is 16.5. The van der Waals surface area contributed by atoms with Gasteiger partial charge in [0.05, 0.1) is 26.0 Å². The van der Waals surface area contributed by atoms with Gasteiger partial charge in [0.25, 0.3) is 5.91 Å². The molecule has 2 N–H and O–H groups in total. The molecular formula is C30H37N3O5. The van der Waals surface area contributed by atoms with Crippen molar-refractivity contribution >= 4 is 28.1 Å². The van der Waals surface area contributed by atoms with Gasteiger partial charge in [-0.2, -0.15) is 0 Å². The lowest BCUT2D eigenvalue weighted by atomic mass is 9.85. The summed E-state index contributed by atoms with van der Waals surface area (Å²) >= 11 is 0. The van der Waals surface area contributed by atoms with Gasteiger partial charge in [-0.1, -0.05) is 56.3 Å². The third-order valence-corrected chi connectivity index (χ3v) is 6.82. The molecule has 0 aromatic heterocycles. The lowest BCUT2D eigenvalue weighted by Crippen LogP contribution is -2.38. The van der Waals surface area contributed by atoms with E-state index in [1.807, 2.05) is 43.3 Å². The minimum Gasteiger partial charge on any atom is -0.494 e. The summed E-state index contributed by atoms with van der Waals surface area (Å²) in [6, 6.07) is 15.2. The van der Waals surface area contributed by atoms with Crippen LogP contribution >= 0.6 is 0 Å². The zero-order valence-corrected chi connectivity index (χ0v) is 22.8. The molecule has 4 rings (SSSR count). The zero-order valence-electron chi connectivity index (χ0n) is 22.8. The van der Waals surface area contributed by atoms with Gasteiger partial charge in [-0.15, -0.1) is 0 Å². The Morgan fingerprint density at radius 1 is 1.11 bits per heavy atom. The van der Waals surface area contributed by atoms with Crippen molar-refractivity contribution in [3.8, 4) is 11.5 Å². The summed E-state index contributed by atoms with van der Waals surface area (Å²) in [7, 11) is 1.57. The van der Waals surface area contributed by atoms with E-state index in [-0.39, 0.29) is 11.1 Å². The monoisotopic (exact) mass is 519 g/mol. The predicted molar refractivity (Wildman–Crippen MR) is 150 cm³/mol. The van der Waals surface area contributed by atoms with E-state index in [9.17, 15) is 10.0 Å². The van der Waals surface area contributed by atoms with Crippen LogP contribution < -0.4 is 14.8 Å². The maximum Gasteiger partial charge on any atom is 0.278 e. The van der Waals surface area contributed by atoms with Crippen LogP contribution in [0, 0.1) is 6.92 Å². The number of hydrogen-bond acceptors (Lipinski definition) is 7. The average molecular weight is 520 g/mol. The highest BCUT2D eigenvalue weighted by Crippen LogP contribution is 2.35. The van der Waals surface area contributed by atoms with Crippen molar-refractivity contribution < 1.29 is 24.2 Å². The molecule has 0 unspecified atom stereocenters. The van der Waals surface area contributed by atoms with Crippen LogP contribution in [0.25, 0.3) is 10.8 Å². The third kappa shape index (κ3) is 6.09. The van der Waals surface area contributed by atoms with Gasteiger partial charge in [0.2, 0.25) is 0 Å². The number of hydrogen-bond donors (Lipinski definition) is 2. The zero-order chi connectivity index (χ0) is 27.3. The number of nitrogens with zero attached hydrogens (tertiary/aromatic N) is 2. The van der Waals surface area contributed by atoms with Gasteiger partial charge in [-0.05, 0) is 47.1 Å². The number of benzene rings is 3. The minimum atomic E-state index is -0.539. The Morgan fingerprint density at radius 2 is 1.82 bits per heavy atom. The molecule has 202 valence electrons. The van der Waals surface area contributed by atoms with Crippen molar-refractivity contribution in [1.82, 2.24) is 4.90 Å². The molecule has 8 nitrogen and oxygen atoms in total. The fraction of sp³-hybridized carbons (Fsp3) is 0.400. The molecule has 1 aliphatic rings. The predicted octanol–water partition coefficient (Wildman–Crippen LogP) is 4.98. The average Bonchev–Trinajstić information content (AvgIpc) is 2.90. The summed E-state index contributed by atoms with van der Waals surface area (Å²) in [5.74, 6) is 0.741. The van der Waals surface area contributed by atoms with Crippen LogP contribution in [-0.2, 0) is 14.9 Å². The van der Waals surface area contributed by atoms with Gasteiger partial charge in [-0.25, -0.2) is 0 Å². The number of aryl methyl sites for hydroxylation is 1. The van der Waals surface area contributed by atoms with Crippen molar-refractivity contribution in [3.05, 3.63) is 65.2 Å². The summed E-state index contributed by atoms with van der Waals surface area (Å²) in [5.41, 5.74) is 2.76. The Hall–Kier alpha value is -3.62. The maximum absolute atomic E-state index is 13.5. The molecule has 8 heteroatoms. The van der Waals surface area contributed by atoms with Crippen LogP contribution in [0.1, 0.15) is 37.5 Å². The Morgan fingerprint density at radius 3 is 2.47 bits per heavy atom. The quantitative estimate of drug-likeness (QED) is 0.248. The van der Waals surface area contributed by atoms with Gasteiger partial charge in [0.1, 0.15) is 18.1 Å². The maximum atomic E-state index is 13.5. The number of oxime groups is 1. The topological polar surface area (TPSA) is 92.6 Å². The lowest BCUT2D eigenvalue weighted by Gasteiger charge is -2.26. The van der Waals surface area contributed by atoms with E-state index >= 15 is 0 Å². The second-order valence-corrected chi connectivity index (χ2v) is 10.5. The number of ether oxygens (including phenoxy) is 3. The van der Waals surface area contributed by atoms with Crippen LogP contribution in [0.15, 0.2) is 53.7 Å². The number of anilines is 1. The minimum absolute atomic E-state index is 0.0954. The van der Waals surface area contributed by atoms with Crippen LogP contribution in [0.3, 0.4) is 0 Å². The van der Waals surface area contributed by atoms with Crippen LogP contribution in [-0.4, -0.2) is 68.3 Å². The molecule has 38 heavy (non-hydrogen) atoms. The summed E-state index contributed by atoms with van der Waals surface area (Å²) in [6.45, 7) is 12.9. The van der Waals surface area contributed by atoms with Crippen molar-refractivity contribution in [3.63, 3.8) is 0 Å². The molecule has 0 saturated carbocycles. The number of fused-ring (bicyclic) bond motifs is 1. The molecule has 1 aliphatic heterocycles. The molecule has 0 bridgehead atoms. The van der Waals surface area contributed by atoms with E-state index in [1.165, 1.54) is 0 Å². The number of carbonyl (C=O) groups is 1. The van der Waals surface area contributed by atoms with Crippen LogP contribution in [0.5, 0.6) is 11.5 Å². The van der Waals surface area contributed by atoms with Crippen LogP contribution in [0.4, 0.5) is 5.69 Å². The molecule has 3 aromatic rings. The van der Waals surface area contributed by atoms with E-state index < -0.39 is 5.91 Å². The molecular weight excluding hydrogens is 482 g/mol. The van der Waals surface area contributed by atoms with Crippen molar-refractivity contribution in [2.75, 3.05) is 51.9 Å². The number of amides is 1. The number of morpholine rings is 1. The molecule has 1 amide bonds. The first kappa shape index (κ1) is 27.4. The first-order valence-electron chi connectivity index (χ1n) is 12.9. The molecule has 1 heterocycles. The second kappa shape index (κ2) is 11.8. The molecule has 1 fully saturated rings. The van der Waals surface area contributed by atoms with Crippen molar-refractivity contribution in [2.45, 2.75) is 33.1 Å². The number of carbonyl (C=O) groups excluding carboxylic acids is 1. The molecule has 0 spiro atoms. The van der Waals surface area contributed by atoms with Gasteiger partial charge >= 0.3 is 0 Å². The smallest absolute Gasteiger partial charge is 0.278 e. The van der Waals surface area contributed by atoms with E-state index in [0.29, 0.717) is 29.4 Å². The van der Waals surface area contributed by atoms with Gasteiger partial charge in [0.15, 0.2) is 5.71 Å². The SMILES string of the molecule is COc1c(C)cc(C(C)(C)C)cc1NC(=O)/C(=N\O)c1ccc(OCCN2CCOCC2)c2ccccc12. The molecule has 0 radical (unpaired) electrons. The van der Waals surface area contributed by atoms with E-state index in [1.54, 1.807) is 13.2 Å². The standard InChI is InChI=1S/C30H37N3O5/c1-20-18-21(30(2,3)4)19-25(28(20)36-5)31-29(34)27(32-35)24-10-11-26(23-9-7-6-8-22(23)24)38-17-14-33-12-15-37-16-13-33/h6-11,18-19,35H,12-17H2,1-5H3,(H,31,34)/b32-27-. The highest BCUT2D eigenvalue weighted by molar-refractivity contribution is 6.50. The molecule has 1 saturated heterocycles. The van der Waals surface area contributed by atoms with Gasteiger partial charge < -0.3 is 24.7 Å². The van der Waals surface area contributed by atoms with Crippen LogP contribution in [0.2, 0.25) is 0 Å². The Kier molecular flexibility index (Phi) is 8.54. The summed E-state index contributed by atoms with van der Waals surface area (Å²) in [6.07, 6.45) is 0. The van der Waals surface area contributed by atoms with E-state index in [4.69, 9.17) is 14.2 Å². The Balaban J connectivity index is 1.60. The first-order chi connectivity index (χ1) is 18.2.